The molecule has 0 spiro atoms. The van der Waals surface area contributed by atoms with Crippen LogP contribution in [0.3, 0.4) is 0 Å². The highest BCUT2D eigenvalue weighted by atomic mass is 79.9. The Balaban J connectivity index is 2.82. The van der Waals surface area contributed by atoms with Crippen molar-refractivity contribution in [2.24, 2.45) is 0 Å². The van der Waals surface area contributed by atoms with Crippen LogP contribution in [0.15, 0.2) is 18.2 Å². The summed E-state index contributed by atoms with van der Waals surface area (Å²) in [6, 6.07) is 3.94. The van der Waals surface area contributed by atoms with Gasteiger partial charge in [-0.3, -0.25) is 4.79 Å². The minimum Gasteiger partial charge on any atom is -0.493 e. The number of hydrogen-bond donors (Lipinski definition) is 0. The van der Waals surface area contributed by atoms with E-state index < -0.39 is 5.82 Å². The van der Waals surface area contributed by atoms with Crippen LogP contribution in [0.4, 0.5) is 4.39 Å². The summed E-state index contributed by atoms with van der Waals surface area (Å²) in [4.78, 5) is 11.2. The van der Waals surface area contributed by atoms with Crippen LogP contribution >= 0.6 is 15.9 Å². The Morgan fingerprint density at radius 2 is 2.27 bits per heavy atom. The molecule has 0 aliphatic rings. The van der Waals surface area contributed by atoms with E-state index in [1.165, 1.54) is 25.1 Å². The Morgan fingerprint density at radius 3 is 2.87 bits per heavy atom. The van der Waals surface area contributed by atoms with Crippen molar-refractivity contribution < 1.29 is 13.9 Å². The number of ether oxygens (including phenoxy) is 1. The van der Waals surface area contributed by atoms with Gasteiger partial charge in [-0.05, 0) is 25.5 Å². The second-order valence-electron chi connectivity index (χ2n) is 3.09. The lowest BCUT2D eigenvalue weighted by Gasteiger charge is -2.08. The quantitative estimate of drug-likeness (QED) is 0.468. The lowest BCUT2D eigenvalue weighted by atomic mass is 10.1. The maximum Gasteiger partial charge on any atom is 0.163 e. The van der Waals surface area contributed by atoms with Gasteiger partial charge in [-0.1, -0.05) is 15.9 Å². The van der Waals surface area contributed by atoms with Crippen LogP contribution in [0.5, 0.6) is 5.75 Å². The number of benzene rings is 1. The van der Waals surface area contributed by atoms with E-state index in [1.807, 2.05) is 0 Å². The third kappa shape index (κ3) is 3.63. The Hall–Kier alpha value is -0.900. The predicted octanol–water partition coefficient (Wildman–Crippen LogP) is 3.19. The molecule has 82 valence electrons. The molecule has 0 fully saturated rings. The summed E-state index contributed by atoms with van der Waals surface area (Å²) in [5, 5.41) is 0.817. The second kappa shape index (κ2) is 5.85. The highest BCUT2D eigenvalue weighted by molar-refractivity contribution is 9.09. The first-order valence-corrected chi connectivity index (χ1v) is 5.76. The fourth-order valence-electron chi connectivity index (χ4n) is 1.14. The molecule has 0 saturated carbocycles. The highest BCUT2D eigenvalue weighted by Gasteiger charge is 2.09. The lowest BCUT2D eigenvalue weighted by Crippen LogP contribution is -2.03. The second-order valence-corrected chi connectivity index (χ2v) is 3.88. The van der Waals surface area contributed by atoms with Crippen LogP contribution in [0, 0.1) is 5.82 Å². The molecule has 0 aliphatic carbocycles. The molecule has 0 atom stereocenters. The van der Waals surface area contributed by atoms with Gasteiger partial charge in [0, 0.05) is 11.4 Å². The average Bonchev–Trinajstić information content (AvgIpc) is 2.18. The van der Waals surface area contributed by atoms with Crippen molar-refractivity contribution in [2.75, 3.05) is 11.9 Å². The summed E-state index contributed by atoms with van der Waals surface area (Å²) < 4.78 is 18.2. The van der Waals surface area contributed by atoms with E-state index in [2.05, 4.69) is 15.9 Å². The molecule has 1 rings (SSSR count). The predicted molar refractivity (Wildman–Crippen MR) is 60.3 cm³/mol. The summed E-state index contributed by atoms with van der Waals surface area (Å²) in [5.41, 5.74) is 0.422. The molecule has 0 saturated heterocycles. The average molecular weight is 275 g/mol. The summed E-state index contributed by atoms with van der Waals surface area (Å²) in [6.07, 6.45) is 0.813. The number of halogens is 2. The summed E-state index contributed by atoms with van der Waals surface area (Å²) in [5.74, 6) is -0.193. The van der Waals surface area contributed by atoms with Crippen LogP contribution in [0.1, 0.15) is 23.7 Å². The van der Waals surface area contributed by atoms with Gasteiger partial charge in [0.05, 0.1) is 12.2 Å². The third-order valence-corrected chi connectivity index (χ3v) is 2.42. The first-order valence-electron chi connectivity index (χ1n) is 4.64. The fraction of sp³-hybridized carbons (Fsp3) is 0.364. The third-order valence-electron chi connectivity index (χ3n) is 1.86. The van der Waals surface area contributed by atoms with E-state index in [9.17, 15) is 9.18 Å². The maximum atomic E-state index is 12.9. The van der Waals surface area contributed by atoms with Gasteiger partial charge in [0.15, 0.2) is 5.78 Å². The SMILES string of the molecule is CC(=O)c1ccc(F)cc1OCCCBr. The van der Waals surface area contributed by atoms with Gasteiger partial charge in [-0.2, -0.15) is 0 Å². The van der Waals surface area contributed by atoms with Crippen molar-refractivity contribution in [1.82, 2.24) is 0 Å². The molecular formula is C11H12BrFO2. The number of hydrogen-bond acceptors (Lipinski definition) is 2. The Labute approximate surface area is 96.6 Å². The molecule has 0 aromatic heterocycles. The molecule has 1 aromatic carbocycles. The molecule has 4 heteroatoms. The molecule has 0 N–H and O–H groups in total. The molecule has 0 heterocycles. The van der Waals surface area contributed by atoms with E-state index in [0.29, 0.717) is 17.9 Å². The Bertz CT molecular complexity index is 352. The largest absolute Gasteiger partial charge is 0.493 e. The molecule has 0 unspecified atom stereocenters. The van der Waals surface area contributed by atoms with Crippen LogP contribution in [-0.4, -0.2) is 17.7 Å². The van der Waals surface area contributed by atoms with Gasteiger partial charge in [-0.15, -0.1) is 0 Å². The van der Waals surface area contributed by atoms with Gasteiger partial charge in [-0.25, -0.2) is 4.39 Å². The van der Waals surface area contributed by atoms with Crippen LogP contribution in [-0.2, 0) is 0 Å². The molecule has 0 aliphatic heterocycles. The van der Waals surface area contributed by atoms with Crippen molar-refractivity contribution in [1.29, 1.82) is 0 Å². The molecule has 1 aromatic rings. The smallest absolute Gasteiger partial charge is 0.163 e. The number of ketones is 1. The molecule has 2 nitrogen and oxygen atoms in total. The van der Waals surface area contributed by atoms with Crippen molar-refractivity contribution in [3.05, 3.63) is 29.6 Å². The summed E-state index contributed by atoms with van der Waals surface area (Å²) >= 11 is 3.26. The zero-order valence-electron chi connectivity index (χ0n) is 8.43. The minimum atomic E-state index is -0.395. The van der Waals surface area contributed by atoms with E-state index in [4.69, 9.17) is 4.74 Å². The maximum absolute atomic E-state index is 12.9. The monoisotopic (exact) mass is 274 g/mol. The van der Waals surface area contributed by atoms with E-state index in [1.54, 1.807) is 0 Å². The fourth-order valence-corrected chi connectivity index (χ4v) is 1.37. The van der Waals surface area contributed by atoms with Crippen LogP contribution in [0.25, 0.3) is 0 Å². The van der Waals surface area contributed by atoms with Crippen molar-refractivity contribution in [3.8, 4) is 5.75 Å². The Morgan fingerprint density at radius 1 is 1.53 bits per heavy atom. The Kier molecular flexibility index (Phi) is 4.75. The van der Waals surface area contributed by atoms with Crippen molar-refractivity contribution in [3.63, 3.8) is 0 Å². The summed E-state index contributed by atoms with van der Waals surface area (Å²) in [7, 11) is 0. The topological polar surface area (TPSA) is 26.3 Å². The van der Waals surface area contributed by atoms with Crippen LogP contribution < -0.4 is 4.74 Å². The van der Waals surface area contributed by atoms with Crippen LogP contribution in [0.2, 0.25) is 0 Å². The zero-order chi connectivity index (χ0) is 11.3. The van der Waals surface area contributed by atoms with E-state index in [0.717, 1.165) is 11.8 Å². The number of carbonyl (C=O) groups is 1. The van der Waals surface area contributed by atoms with Crippen molar-refractivity contribution >= 4 is 21.7 Å². The number of carbonyl (C=O) groups excluding carboxylic acids is 1. The number of alkyl halides is 1. The molecule has 0 amide bonds. The van der Waals surface area contributed by atoms with E-state index in [-0.39, 0.29) is 5.78 Å². The van der Waals surface area contributed by atoms with Gasteiger partial charge < -0.3 is 4.74 Å². The van der Waals surface area contributed by atoms with Crippen molar-refractivity contribution in [2.45, 2.75) is 13.3 Å². The summed E-state index contributed by atoms with van der Waals surface area (Å²) in [6.45, 7) is 1.90. The molecule has 0 bridgehead atoms. The number of Topliss-reactive ketones (excluding diaryl/α,β-unsaturated/α-hetero) is 1. The van der Waals surface area contributed by atoms with Gasteiger partial charge >= 0.3 is 0 Å². The normalized spacial score (nSPS) is 10.1. The molecule has 15 heavy (non-hydrogen) atoms. The van der Waals surface area contributed by atoms with Gasteiger partial charge in [0.25, 0.3) is 0 Å². The molecular weight excluding hydrogens is 263 g/mol. The van der Waals surface area contributed by atoms with Gasteiger partial charge in [0.1, 0.15) is 11.6 Å². The first kappa shape index (κ1) is 12.2. The molecule has 0 radical (unpaired) electrons. The van der Waals surface area contributed by atoms with Gasteiger partial charge in [0.2, 0.25) is 0 Å². The lowest BCUT2D eigenvalue weighted by molar-refractivity contribution is 0.101. The highest BCUT2D eigenvalue weighted by Crippen LogP contribution is 2.20. The number of rotatable bonds is 5. The minimum absolute atomic E-state index is 0.121. The standard InChI is InChI=1S/C11H12BrFO2/c1-8(14)10-4-3-9(13)7-11(10)15-6-2-5-12/h3-4,7H,2,5-6H2,1H3. The first-order chi connectivity index (χ1) is 7.15. The van der Waals surface area contributed by atoms with E-state index >= 15 is 0 Å². The zero-order valence-corrected chi connectivity index (χ0v) is 10.0.